The van der Waals surface area contributed by atoms with Gasteiger partial charge in [0.05, 0.1) is 17.1 Å². The summed E-state index contributed by atoms with van der Waals surface area (Å²) in [5.41, 5.74) is 25.5. The minimum absolute atomic E-state index is 0.207. The van der Waals surface area contributed by atoms with Crippen molar-refractivity contribution in [1.29, 1.82) is 0 Å². The predicted octanol–water partition coefficient (Wildman–Crippen LogP) is 3.46. The maximum Gasteiger partial charge on any atom is 0.316 e. The molecule has 0 saturated heterocycles. The smallest absolute Gasteiger partial charge is 0.316 e. The average molecular weight is 418 g/mol. The van der Waals surface area contributed by atoms with Crippen molar-refractivity contribution in [3.63, 3.8) is 0 Å². The van der Waals surface area contributed by atoms with Crippen LogP contribution < -0.4 is 22.5 Å². The van der Waals surface area contributed by atoms with E-state index in [0.717, 1.165) is 33.5 Å². The zero-order valence-electron chi connectivity index (χ0n) is 18.2. The first kappa shape index (κ1) is 21.8. The highest BCUT2D eigenvalue weighted by atomic mass is 16.2. The largest absolute Gasteiger partial charge is 0.399 e. The van der Waals surface area contributed by atoms with Crippen molar-refractivity contribution in [2.45, 2.75) is 34.1 Å². The molecule has 0 saturated carbocycles. The van der Waals surface area contributed by atoms with Gasteiger partial charge in [-0.3, -0.25) is 4.79 Å². The Kier molecular flexibility index (Phi) is 5.97. The van der Waals surface area contributed by atoms with Crippen LogP contribution in [0.5, 0.6) is 0 Å². The lowest BCUT2D eigenvalue weighted by Crippen LogP contribution is -2.34. The molecule has 3 rings (SSSR count). The summed E-state index contributed by atoms with van der Waals surface area (Å²) in [6.45, 7) is 7.79. The molecule has 7 nitrogen and oxygen atoms in total. The Labute approximate surface area is 181 Å². The van der Waals surface area contributed by atoms with Crippen LogP contribution in [0.25, 0.3) is 0 Å². The fraction of sp³-hybridized carbons (Fsp3) is 0.208. The number of amides is 2. The Balaban J connectivity index is 2.07. The number of rotatable bonds is 4. The van der Waals surface area contributed by atoms with Gasteiger partial charge in [-0.15, -0.1) is 0 Å². The van der Waals surface area contributed by atoms with Gasteiger partial charge in [0, 0.05) is 29.4 Å². The number of carbonyl (C=O) groups excluding carboxylic acids is 2. The molecule has 7 N–H and O–H groups in total. The minimum atomic E-state index is -0.765. The summed E-state index contributed by atoms with van der Waals surface area (Å²) < 4.78 is 0. The molecule has 2 aromatic carbocycles. The summed E-state index contributed by atoms with van der Waals surface area (Å²) in [5.74, 6) is -0.207. The van der Waals surface area contributed by atoms with E-state index in [1.165, 1.54) is 6.08 Å². The predicted molar refractivity (Wildman–Crippen MR) is 125 cm³/mol. The van der Waals surface area contributed by atoms with Crippen molar-refractivity contribution >= 4 is 34.6 Å². The molecule has 31 heavy (non-hydrogen) atoms. The molecular weight excluding hydrogens is 390 g/mol. The van der Waals surface area contributed by atoms with Crippen molar-refractivity contribution < 1.29 is 9.59 Å². The number of hydrogen-bond donors (Lipinski definition) is 4. The highest BCUT2D eigenvalue weighted by Crippen LogP contribution is 2.28. The molecule has 0 unspecified atom stereocenters. The SMILES string of the molecule is Cc1c(N)ccc(CC2=CC(=Nc3ccc(N)c(C)c3C)C(NC(N)=O)=CC2=O)c1C. The number of carbonyl (C=O) groups is 2. The van der Waals surface area contributed by atoms with Crippen molar-refractivity contribution in [2.75, 3.05) is 11.5 Å². The van der Waals surface area contributed by atoms with Crippen LogP contribution in [0.3, 0.4) is 0 Å². The highest BCUT2D eigenvalue weighted by Gasteiger charge is 2.21. The van der Waals surface area contributed by atoms with Crippen LogP contribution in [0.15, 0.2) is 52.7 Å². The fourth-order valence-corrected chi connectivity index (χ4v) is 3.45. The van der Waals surface area contributed by atoms with Gasteiger partial charge in [0.15, 0.2) is 5.78 Å². The van der Waals surface area contributed by atoms with E-state index in [0.29, 0.717) is 29.1 Å². The third-order valence-electron chi connectivity index (χ3n) is 5.80. The molecule has 0 spiro atoms. The normalized spacial score (nSPS) is 15.0. The number of benzene rings is 2. The first-order chi connectivity index (χ1) is 14.6. The number of nitrogen functional groups attached to an aromatic ring is 2. The standard InChI is InChI=1S/C24H27N5O2/c1-12-13(2)18(25)6-5-16(12)9-17-10-21(22(11-23(17)30)29-24(27)31)28-20-8-7-19(26)14(3)15(20)4/h5-8,10-11H,9,25-26H2,1-4H3,(H3,27,29,31). The van der Waals surface area contributed by atoms with Gasteiger partial charge in [-0.2, -0.15) is 0 Å². The van der Waals surface area contributed by atoms with Gasteiger partial charge < -0.3 is 22.5 Å². The van der Waals surface area contributed by atoms with Crippen LogP contribution in [-0.4, -0.2) is 17.5 Å². The van der Waals surface area contributed by atoms with Crippen molar-refractivity contribution in [3.8, 4) is 0 Å². The molecule has 1 aliphatic carbocycles. The van der Waals surface area contributed by atoms with Crippen LogP contribution in [0.1, 0.15) is 27.8 Å². The Morgan fingerprint density at radius 3 is 2.16 bits per heavy atom. The van der Waals surface area contributed by atoms with E-state index in [1.54, 1.807) is 12.1 Å². The zero-order valence-corrected chi connectivity index (χ0v) is 18.2. The van der Waals surface area contributed by atoms with E-state index >= 15 is 0 Å². The quantitative estimate of drug-likeness (QED) is 0.447. The van der Waals surface area contributed by atoms with Crippen LogP contribution in [-0.2, 0) is 11.2 Å². The molecule has 0 heterocycles. The number of nitrogens with one attached hydrogen (secondary N) is 1. The van der Waals surface area contributed by atoms with Gasteiger partial charge in [-0.1, -0.05) is 6.07 Å². The van der Waals surface area contributed by atoms with Gasteiger partial charge in [0.1, 0.15) is 0 Å². The lowest BCUT2D eigenvalue weighted by Gasteiger charge is -2.18. The number of nitrogens with zero attached hydrogens (tertiary/aromatic N) is 1. The fourth-order valence-electron chi connectivity index (χ4n) is 3.45. The van der Waals surface area contributed by atoms with E-state index < -0.39 is 6.03 Å². The lowest BCUT2D eigenvalue weighted by atomic mass is 9.91. The second-order valence-electron chi connectivity index (χ2n) is 7.74. The average Bonchev–Trinajstić information content (AvgIpc) is 2.71. The summed E-state index contributed by atoms with van der Waals surface area (Å²) in [5, 5.41) is 2.50. The number of anilines is 2. The zero-order chi connectivity index (χ0) is 22.9. The first-order valence-corrected chi connectivity index (χ1v) is 9.90. The Bertz CT molecular complexity index is 1190. The van der Waals surface area contributed by atoms with E-state index in [1.807, 2.05) is 45.9 Å². The molecule has 0 aromatic heterocycles. The molecule has 0 radical (unpaired) electrons. The van der Waals surface area contributed by atoms with Crippen LogP contribution in [0, 0.1) is 27.7 Å². The number of ketones is 1. The summed E-state index contributed by atoms with van der Waals surface area (Å²) >= 11 is 0. The lowest BCUT2D eigenvalue weighted by molar-refractivity contribution is -0.111. The van der Waals surface area contributed by atoms with Gasteiger partial charge in [-0.05, 0) is 79.8 Å². The Morgan fingerprint density at radius 2 is 1.52 bits per heavy atom. The number of allylic oxidation sites excluding steroid dienone is 3. The van der Waals surface area contributed by atoms with Gasteiger partial charge in [-0.25, -0.2) is 9.79 Å². The molecule has 160 valence electrons. The second-order valence-corrected chi connectivity index (χ2v) is 7.74. The summed E-state index contributed by atoms with van der Waals surface area (Å²) in [4.78, 5) is 29.0. The Hall–Kier alpha value is -3.87. The third kappa shape index (κ3) is 4.50. The highest BCUT2D eigenvalue weighted by molar-refractivity contribution is 6.23. The van der Waals surface area contributed by atoms with Crippen molar-refractivity contribution in [1.82, 2.24) is 5.32 Å². The van der Waals surface area contributed by atoms with Crippen LogP contribution in [0.4, 0.5) is 21.9 Å². The summed E-state index contributed by atoms with van der Waals surface area (Å²) in [7, 11) is 0. The van der Waals surface area contributed by atoms with Crippen LogP contribution in [0.2, 0.25) is 0 Å². The van der Waals surface area contributed by atoms with Gasteiger partial charge in [0.2, 0.25) is 0 Å². The minimum Gasteiger partial charge on any atom is -0.399 e. The number of urea groups is 1. The third-order valence-corrected chi connectivity index (χ3v) is 5.80. The molecule has 2 amide bonds. The van der Waals surface area contributed by atoms with E-state index in [4.69, 9.17) is 22.2 Å². The number of hydrogen-bond acceptors (Lipinski definition) is 5. The van der Waals surface area contributed by atoms with Gasteiger partial charge in [0.25, 0.3) is 0 Å². The van der Waals surface area contributed by atoms with Crippen LogP contribution >= 0.6 is 0 Å². The molecular formula is C24H27N5O2. The summed E-state index contributed by atoms with van der Waals surface area (Å²) in [6.07, 6.45) is 3.48. The maximum atomic E-state index is 12.8. The number of nitrogens with two attached hydrogens (primary N) is 3. The van der Waals surface area contributed by atoms with Crippen molar-refractivity contribution in [2.24, 2.45) is 10.7 Å². The first-order valence-electron chi connectivity index (χ1n) is 9.90. The molecule has 7 heteroatoms. The number of primary amides is 1. The van der Waals surface area contributed by atoms with Crippen molar-refractivity contribution in [3.05, 3.63) is 75.5 Å². The second kappa shape index (κ2) is 8.47. The molecule has 0 atom stereocenters. The van der Waals surface area contributed by atoms with E-state index in [9.17, 15) is 9.59 Å². The number of aliphatic imine (C=N–C) groups is 1. The molecule has 0 aliphatic heterocycles. The molecule has 0 fully saturated rings. The van der Waals surface area contributed by atoms with E-state index in [-0.39, 0.29) is 11.5 Å². The molecule has 2 aromatic rings. The topological polar surface area (TPSA) is 137 Å². The molecule has 1 aliphatic rings. The monoisotopic (exact) mass is 417 g/mol. The maximum absolute atomic E-state index is 12.8. The van der Waals surface area contributed by atoms with E-state index in [2.05, 4.69) is 5.32 Å². The molecule has 0 bridgehead atoms. The van der Waals surface area contributed by atoms with Gasteiger partial charge >= 0.3 is 6.03 Å². The summed E-state index contributed by atoms with van der Waals surface area (Å²) in [6, 6.07) is 6.60. The Morgan fingerprint density at radius 1 is 0.903 bits per heavy atom.